The van der Waals surface area contributed by atoms with E-state index >= 15 is 0 Å². The van der Waals surface area contributed by atoms with Crippen LogP contribution in [0.5, 0.6) is 0 Å². The van der Waals surface area contributed by atoms with Crippen molar-refractivity contribution >= 4 is 29.1 Å². The molecular weight excluding hydrogens is 240 g/mol. The Morgan fingerprint density at radius 2 is 2.12 bits per heavy atom. The predicted molar refractivity (Wildman–Crippen MR) is 72.1 cm³/mol. The molecule has 0 saturated heterocycles. The van der Waals surface area contributed by atoms with E-state index in [9.17, 15) is 4.79 Å². The molecular formula is C13H17ClOS. The molecule has 0 N–H and O–H groups in total. The molecule has 0 saturated carbocycles. The van der Waals surface area contributed by atoms with E-state index in [1.807, 2.05) is 43.0 Å². The molecule has 0 aliphatic rings. The fourth-order valence-corrected chi connectivity index (χ4v) is 2.59. The Labute approximate surface area is 107 Å². The van der Waals surface area contributed by atoms with Gasteiger partial charge in [-0.1, -0.05) is 36.7 Å². The number of benzene rings is 1. The van der Waals surface area contributed by atoms with Gasteiger partial charge in [0.15, 0.2) is 0 Å². The number of hydrogen-bond donors (Lipinski definition) is 0. The van der Waals surface area contributed by atoms with Crippen molar-refractivity contribution in [2.24, 2.45) is 0 Å². The Morgan fingerprint density at radius 3 is 2.81 bits per heavy atom. The first-order chi connectivity index (χ1) is 7.74. The lowest BCUT2D eigenvalue weighted by molar-refractivity contribution is -0.118. The van der Waals surface area contributed by atoms with Crippen LogP contribution in [0.2, 0.25) is 5.02 Å². The largest absolute Gasteiger partial charge is 0.300 e. The number of ketones is 1. The average molecular weight is 257 g/mol. The summed E-state index contributed by atoms with van der Waals surface area (Å²) in [5, 5.41) is 0.833. The number of Topliss-reactive ketones (excluding diaryl/α,β-unsaturated/α-hetero) is 1. The second kappa shape index (κ2) is 7.75. The van der Waals surface area contributed by atoms with Gasteiger partial charge in [0.25, 0.3) is 0 Å². The zero-order valence-corrected chi connectivity index (χ0v) is 11.1. The van der Waals surface area contributed by atoms with Gasteiger partial charge in [-0.15, -0.1) is 0 Å². The number of carbonyl (C=O) groups is 1. The zero-order valence-electron chi connectivity index (χ0n) is 9.54. The first kappa shape index (κ1) is 13.6. The van der Waals surface area contributed by atoms with Crippen LogP contribution < -0.4 is 0 Å². The summed E-state index contributed by atoms with van der Waals surface area (Å²) in [6.45, 7) is 1.92. The lowest BCUT2D eigenvalue weighted by Gasteiger charge is -2.03. The van der Waals surface area contributed by atoms with Gasteiger partial charge in [-0.2, -0.15) is 11.8 Å². The maximum atomic E-state index is 11.1. The molecule has 0 aliphatic carbocycles. The topological polar surface area (TPSA) is 17.1 Å². The van der Waals surface area contributed by atoms with Gasteiger partial charge in [0.05, 0.1) is 0 Å². The highest BCUT2D eigenvalue weighted by Gasteiger charge is 2.00. The van der Waals surface area contributed by atoms with Crippen LogP contribution in [0.25, 0.3) is 0 Å². The SMILES string of the molecule is CCC(=O)CCCSCc1ccccc1Cl. The van der Waals surface area contributed by atoms with Crippen LogP contribution in [0.3, 0.4) is 0 Å². The van der Waals surface area contributed by atoms with Crippen LogP contribution in [0.4, 0.5) is 0 Å². The maximum Gasteiger partial charge on any atom is 0.132 e. The standard InChI is InChI=1S/C13H17ClOS/c1-2-12(15)7-5-9-16-10-11-6-3-4-8-13(11)14/h3-4,6,8H,2,5,7,9-10H2,1H3. The van der Waals surface area contributed by atoms with Gasteiger partial charge in [0.2, 0.25) is 0 Å². The molecule has 0 atom stereocenters. The molecule has 3 heteroatoms. The maximum absolute atomic E-state index is 11.1. The number of carbonyl (C=O) groups excluding carboxylic acids is 1. The Hall–Kier alpha value is -0.470. The Bertz CT molecular complexity index is 338. The van der Waals surface area contributed by atoms with E-state index in [1.54, 1.807) is 0 Å². The fourth-order valence-electron chi connectivity index (χ4n) is 1.35. The first-order valence-corrected chi connectivity index (χ1v) is 7.10. The molecule has 1 aromatic carbocycles. The van der Waals surface area contributed by atoms with Crippen LogP contribution in [0, 0.1) is 0 Å². The predicted octanol–water partition coefficient (Wildman–Crippen LogP) is 4.33. The molecule has 1 rings (SSSR count). The molecule has 0 radical (unpaired) electrons. The van der Waals surface area contributed by atoms with Crippen LogP contribution in [-0.4, -0.2) is 11.5 Å². The van der Waals surface area contributed by atoms with Crippen molar-refractivity contribution < 1.29 is 4.79 Å². The second-order valence-electron chi connectivity index (χ2n) is 3.64. The zero-order chi connectivity index (χ0) is 11.8. The summed E-state index contributed by atoms with van der Waals surface area (Å²) in [6, 6.07) is 7.91. The molecule has 1 aromatic rings. The highest BCUT2D eigenvalue weighted by Crippen LogP contribution is 2.21. The van der Waals surface area contributed by atoms with Gasteiger partial charge in [0, 0.05) is 23.6 Å². The molecule has 1 nitrogen and oxygen atoms in total. The molecule has 0 amide bonds. The van der Waals surface area contributed by atoms with Crippen molar-refractivity contribution in [2.45, 2.75) is 31.9 Å². The Balaban J connectivity index is 2.17. The van der Waals surface area contributed by atoms with Crippen molar-refractivity contribution in [3.05, 3.63) is 34.9 Å². The third kappa shape index (κ3) is 5.04. The molecule has 88 valence electrons. The van der Waals surface area contributed by atoms with Gasteiger partial charge in [-0.25, -0.2) is 0 Å². The van der Waals surface area contributed by atoms with Gasteiger partial charge in [-0.3, -0.25) is 4.79 Å². The normalized spacial score (nSPS) is 10.4. The third-order valence-corrected chi connectivity index (χ3v) is 3.82. The van der Waals surface area contributed by atoms with Gasteiger partial charge >= 0.3 is 0 Å². The van der Waals surface area contributed by atoms with E-state index < -0.39 is 0 Å². The second-order valence-corrected chi connectivity index (χ2v) is 5.15. The Morgan fingerprint density at radius 1 is 1.38 bits per heavy atom. The van der Waals surface area contributed by atoms with Crippen molar-refractivity contribution in [2.75, 3.05) is 5.75 Å². The van der Waals surface area contributed by atoms with Gasteiger partial charge in [-0.05, 0) is 23.8 Å². The third-order valence-electron chi connectivity index (χ3n) is 2.35. The van der Waals surface area contributed by atoms with Crippen LogP contribution in [0.1, 0.15) is 31.7 Å². The molecule has 0 unspecified atom stereocenters. The van der Waals surface area contributed by atoms with Gasteiger partial charge in [0.1, 0.15) is 5.78 Å². The minimum atomic E-state index is 0.360. The van der Waals surface area contributed by atoms with E-state index in [2.05, 4.69) is 0 Å². The molecule has 0 aliphatic heterocycles. The molecule has 0 aromatic heterocycles. The number of rotatable bonds is 7. The van der Waals surface area contributed by atoms with Gasteiger partial charge < -0.3 is 0 Å². The minimum Gasteiger partial charge on any atom is -0.300 e. The Kier molecular flexibility index (Phi) is 6.58. The molecule has 0 heterocycles. The van der Waals surface area contributed by atoms with E-state index in [0.29, 0.717) is 18.6 Å². The quantitative estimate of drug-likeness (QED) is 0.676. The number of halogens is 1. The monoisotopic (exact) mass is 256 g/mol. The summed E-state index contributed by atoms with van der Waals surface area (Å²) < 4.78 is 0. The summed E-state index contributed by atoms with van der Waals surface area (Å²) in [6.07, 6.45) is 2.35. The summed E-state index contributed by atoms with van der Waals surface area (Å²) in [5.74, 6) is 2.31. The lowest BCUT2D eigenvalue weighted by Crippen LogP contribution is -1.95. The summed E-state index contributed by atoms with van der Waals surface area (Å²) in [5.41, 5.74) is 1.18. The smallest absolute Gasteiger partial charge is 0.132 e. The van der Waals surface area contributed by atoms with E-state index in [4.69, 9.17) is 11.6 Å². The summed E-state index contributed by atoms with van der Waals surface area (Å²) >= 11 is 7.88. The molecule has 0 fully saturated rings. The van der Waals surface area contributed by atoms with Crippen molar-refractivity contribution in [3.8, 4) is 0 Å². The fraction of sp³-hybridized carbons (Fsp3) is 0.462. The van der Waals surface area contributed by atoms with Crippen molar-refractivity contribution in [1.82, 2.24) is 0 Å². The van der Waals surface area contributed by atoms with Crippen molar-refractivity contribution in [1.29, 1.82) is 0 Å². The average Bonchev–Trinajstić information content (AvgIpc) is 2.30. The van der Waals surface area contributed by atoms with Crippen LogP contribution in [-0.2, 0) is 10.5 Å². The summed E-state index contributed by atoms with van der Waals surface area (Å²) in [4.78, 5) is 11.1. The molecule has 0 spiro atoms. The molecule has 16 heavy (non-hydrogen) atoms. The first-order valence-electron chi connectivity index (χ1n) is 5.57. The highest BCUT2D eigenvalue weighted by atomic mass is 35.5. The lowest BCUT2D eigenvalue weighted by atomic mass is 10.2. The van der Waals surface area contributed by atoms with E-state index in [0.717, 1.165) is 22.9 Å². The van der Waals surface area contributed by atoms with E-state index in [1.165, 1.54) is 5.56 Å². The highest BCUT2D eigenvalue weighted by molar-refractivity contribution is 7.98. The number of hydrogen-bond acceptors (Lipinski definition) is 2. The number of thioether (sulfide) groups is 1. The molecule has 0 bridgehead atoms. The summed E-state index contributed by atoms with van der Waals surface area (Å²) in [7, 11) is 0. The van der Waals surface area contributed by atoms with Crippen LogP contribution >= 0.6 is 23.4 Å². The van der Waals surface area contributed by atoms with Crippen molar-refractivity contribution in [3.63, 3.8) is 0 Å². The minimum absolute atomic E-state index is 0.360. The van der Waals surface area contributed by atoms with Crippen LogP contribution in [0.15, 0.2) is 24.3 Å². The van der Waals surface area contributed by atoms with E-state index in [-0.39, 0.29) is 0 Å².